The molecule has 2 rings (SSSR count). The summed E-state index contributed by atoms with van der Waals surface area (Å²) in [4.78, 5) is 13.5. The Labute approximate surface area is 117 Å². The Morgan fingerprint density at radius 3 is 2.53 bits per heavy atom. The summed E-state index contributed by atoms with van der Waals surface area (Å²) in [6.45, 7) is 4.42. The minimum absolute atomic E-state index is 0.0191. The lowest BCUT2D eigenvalue weighted by Gasteiger charge is -2.24. The first-order chi connectivity index (χ1) is 9.00. The first kappa shape index (κ1) is 13.6. The van der Waals surface area contributed by atoms with Crippen LogP contribution in [0.2, 0.25) is 0 Å². The van der Waals surface area contributed by atoms with E-state index in [2.05, 4.69) is 5.32 Å². The van der Waals surface area contributed by atoms with Crippen LogP contribution in [0.15, 0.2) is 41.8 Å². The number of benzene rings is 1. The van der Waals surface area contributed by atoms with Gasteiger partial charge in [-0.2, -0.15) is 0 Å². The van der Waals surface area contributed by atoms with Gasteiger partial charge in [0.05, 0.1) is 12.0 Å². The number of nitrogens with one attached hydrogen (secondary N) is 1. The summed E-state index contributed by atoms with van der Waals surface area (Å²) in [5.41, 5.74) is 6.78. The van der Waals surface area contributed by atoms with E-state index in [1.165, 1.54) is 0 Å². The van der Waals surface area contributed by atoms with Crippen molar-refractivity contribution in [1.29, 1.82) is 0 Å². The van der Waals surface area contributed by atoms with E-state index in [4.69, 9.17) is 5.73 Å². The third-order valence-corrected chi connectivity index (χ3v) is 4.08. The second kappa shape index (κ2) is 5.45. The van der Waals surface area contributed by atoms with E-state index >= 15 is 0 Å². The van der Waals surface area contributed by atoms with Crippen molar-refractivity contribution < 1.29 is 4.79 Å². The number of nitrogens with two attached hydrogens (primary N) is 1. The molecule has 1 heterocycles. The van der Waals surface area contributed by atoms with Crippen LogP contribution in [0, 0.1) is 0 Å². The summed E-state index contributed by atoms with van der Waals surface area (Å²) in [7, 11) is 0. The van der Waals surface area contributed by atoms with Gasteiger partial charge in [0.15, 0.2) is 0 Å². The van der Waals surface area contributed by atoms with Crippen molar-refractivity contribution in [2.45, 2.75) is 25.8 Å². The molecule has 0 saturated heterocycles. The molecule has 2 aromatic rings. The molecule has 4 heteroatoms. The molecule has 0 unspecified atom stereocenters. The van der Waals surface area contributed by atoms with Gasteiger partial charge in [-0.25, -0.2) is 0 Å². The third kappa shape index (κ3) is 3.15. The smallest absolute Gasteiger partial charge is 0.230 e. The first-order valence-corrected chi connectivity index (χ1v) is 7.05. The molecule has 0 aliphatic carbocycles. The highest BCUT2D eigenvalue weighted by Crippen LogP contribution is 2.24. The summed E-state index contributed by atoms with van der Waals surface area (Å²) in [5.74, 6) is 0.0191. The van der Waals surface area contributed by atoms with Crippen LogP contribution in [0.25, 0.3) is 0 Å². The van der Waals surface area contributed by atoms with E-state index in [1.807, 2.05) is 55.6 Å². The summed E-state index contributed by atoms with van der Waals surface area (Å²) in [5, 5.41) is 4.99. The van der Waals surface area contributed by atoms with E-state index in [0.29, 0.717) is 12.2 Å². The number of anilines is 1. The van der Waals surface area contributed by atoms with Gasteiger partial charge >= 0.3 is 0 Å². The van der Waals surface area contributed by atoms with Crippen LogP contribution < -0.4 is 11.1 Å². The van der Waals surface area contributed by atoms with Gasteiger partial charge < -0.3 is 11.1 Å². The van der Waals surface area contributed by atoms with Gasteiger partial charge in [-0.3, -0.25) is 4.79 Å². The topological polar surface area (TPSA) is 55.1 Å². The SMILES string of the molecule is CC(C)(C(=O)NCc1cccs1)c1ccc(N)cc1. The zero-order chi connectivity index (χ0) is 13.9. The first-order valence-electron chi connectivity index (χ1n) is 6.17. The second-order valence-electron chi connectivity index (χ2n) is 5.01. The molecule has 0 radical (unpaired) electrons. The quantitative estimate of drug-likeness (QED) is 0.842. The fourth-order valence-corrected chi connectivity index (χ4v) is 2.48. The van der Waals surface area contributed by atoms with Crippen LogP contribution >= 0.6 is 11.3 Å². The standard InChI is InChI=1S/C15H18N2OS/c1-15(2,11-5-7-12(16)8-6-11)14(18)17-10-13-4-3-9-19-13/h3-9H,10,16H2,1-2H3,(H,17,18). The number of thiophene rings is 1. The van der Waals surface area contributed by atoms with E-state index in [9.17, 15) is 4.79 Å². The molecule has 19 heavy (non-hydrogen) atoms. The average molecular weight is 274 g/mol. The number of carbonyl (C=O) groups is 1. The van der Waals surface area contributed by atoms with Crippen LogP contribution in [0.3, 0.4) is 0 Å². The molecule has 1 aromatic heterocycles. The van der Waals surface area contributed by atoms with E-state index in [1.54, 1.807) is 11.3 Å². The molecule has 1 aromatic carbocycles. The summed E-state index contributed by atoms with van der Waals surface area (Å²) in [6.07, 6.45) is 0. The van der Waals surface area contributed by atoms with Crippen molar-refractivity contribution in [3.05, 3.63) is 52.2 Å². The Morgan fingerprint density at radius 2 is 1.95 bits per heavy atom. The molecule has 1 amide bonds. The maximum absolute atomic E-state index is 12.3. The highest BCUT2D eigenvalue weighted by molar-refractivity contribution is 7.09. The predicted octanol–water partition coefficient (Wildman–Crippen LogP) is 2.92. The van der Waals surface area contributed by atoms with Gasteiger partial charge in [-0.1, -0.05) is 18.2 Å². The molecule has 0 aliphatic rings. The van der Waals surface area contributed by atoms with Gasteiger partial charge in [-0.05, 0) is 43.0 Å². The fourth-order valence-electron chi connectivity index (χ4n) is 1.83. The number of hydrogen-bond acceptors (Lipinski definition) is 3. The highest BCUT2D eigenvalue weighted by Gasteiger charge is 2.29. The molecular weight excluding hydrogens is 256 g/mol. The van der Waals surface area contributed by atoms with Gasteiger partial charge in [0.25, 0.3) is 0 Å². The van der Waals surface area contributed by atoms with Crippen LogP contribution in [-0.2, 0) is 16.8 Å². The Hall–Kier alpha value is -1.81. The Bertz CT molecular complexity index is 544. The largest absolute Gasteiger partial charge is 0.399 e. The molecule has 0 aliphatic heterocycles. The van der Waals surface area contributed by atoms with Crippen LogP contribution in [0.1, 0.15) is 24.3 Å². The number of carbonyl (C=O) groups excluding carboxylic acids is 1. The van der Waals surface area contributed by atoms with Gasteiger partial charge in [0, 0.05) is 10.6 Å². The summed E-state index contributed by atoms with van der Waals surface area (Å²) < 4.78 is 0. The fraction of sp³-hybridized carbons (Fsp3) is 0.267. The molecule has 0 bridgehead atoms. The monoisotopic (exact) mass is 274 g/mol. The molecule has 0 spiro atoms. The van der Waals surface area contributed by atoms with Crippen LogP contribution in [0.4, 0.5) is 5.69 Å². The van der Waals surface area contributed by atoms with Crippen molar-refractivity contribution in [1.82, 2.24) is 5.32 Å². The van der Waals surface area contributed by atoms with Gasteiger partial charge in [0.1, 0.15) is 0 Å². The second-order valence-corrected chi connectivity index (χ2v) is 6.04. The molecule has 100 valence electrons. The van der Waals surface area contributed by atoms with Crippen LogP contribution in [-0.4, -0.2) is 5.91 Å². The van der Waals surface area contributed by atoms with Crippen molar-refractivity contribution in [2.24, 2.45) is 0 Å². The van der Waals surface area contributed by atoms with Gasteiger partial charge in [0.2, 0.25) is 5.91 Å². The Kier molecular flexibility index (Phi) is 3.90. The Balaban J connectivity index is 2.06. The normalized spacial score (nSPS) is 11.3. The van der Waals surface area contributed by atoms with E-state index < -0.39 is 5.41 Å². The summed E-state index contributed by atoms with van der Waals surface area (Å²) in [6, 6.07) is 11.5. The Morgan fingerprint density at radius 1 is 1.26 bits per heavy atom. The lowest BCUT2D eigenvalue weighted by atomic mass is 9.83. The number of amides is 1. The molecule has 0 saturated carbocycles. The van der Waals surface area contributed by atoms with Crippen molar-refractivity contribution in [3.63, 3.8) is 0 Å². The minimum atomic E-state index is -0.565. The molecule has 0 atom stereocenters. The highest BCUT2D eigenvalue weighted by atomic mass is 32.1. The molecule has 3 N–H and O–H groups in total. The zero-order valence-electron chi connectivity index (χ0n) is 11.1. The summed E-state index contributed by atoms with van der Waals surface area (Å²) >= 11 is 1.64. The third-order valence-electron chi connectivity index (χ3n) is 3.20. The van der Waals surface area contributed by atoms with Crippen molar-refractivity contribution in [2.75, 3.05) is 5.73 Å². The van der Waals surface area contributed by atoms with Gasteiger partial charge in [-0.15, -0.1) is 11.3 Å². The number of rotatable bonds is 4. The van der Waals surface area contributed by atoms with Crippen molar-refractivity contribution >= 4 is 22.9 Å². The molecule has 0 fully saturated rings. The lowest BCUT2D eigenvalue weighted by molar-refractivity contribution is -0.125. The number of nitrogen functional groups attached to an aromatic ring is 1. The van der Waals surface area contributed by atoms with E-state index in [-0.39, 0.29) is 5.91 Å². The molecular formula is C15H18N2OS. The molecule has 3 nitrogen and oxygen atoms in total. The maximum Gasteiger partial charge on any atom is 0.230 e. The lowest BCUT2D eigenvalue weighted by Crippen LogP contribution is -2.39. The zero-order valence-corrected chi connectivity index (χ0v) is 12.0. The van der Waals surface area contributed by atoms with Crippen LogP contribution in [0.5, 0.6) is 0 Å². The number of hydrogen-bond donors (Lipinski definition) is 2. The minimum Gasteiger partial charge on any atom is -0.399 e. The van der Waals surface area contributed by atoms with Crippen molar-refractivity contribution in [3.8, 4) is 0 Å². The average Bonchev–Trinajstić information content (AvgIpc) is 2.89. The predicted molar refractivity (Wildman–Crippen MR) is 80.0 cm³/mol. The maximum atomic E-state index is 12.3. The van der Waals surface area contributed by atoms with E-state index in [0.717, 1.165) is 10.4 Å².